The Morgan fingerprint density at radius 1 is 0.444 bits per heavy atom. The second-order valence-corrected chi connectivity index (χ2v) is 17.3. The van der Waals surface area contributed by atoms with Gasteiger partial charge in [-0.25, -0.2) is 9.98 Å². The van der Waals surface area contributed by atoms with E-state index in [2.05, 4.69) is 151 Å². The molecule has 6 aromatic rings. The molecule has 9 rings (SSSR count). The molecule has 0 heterocycles. The van der Waals surface area contributed by atoms with E-state index in [4.69, 9.17) is 9.98 Å². The summed E-state index contributed by atoms with van der Waals surface area (Å²) in [6, 6.07) is 41.3. The quantitative estimate of drug-likeness (QED) is 0.165. The maximum absolute atomic E-state index is 5.70. The summed E-state index contributed by atoms with van der Waals surface area (Å²) < 4.78 is 0. The van der Waals surface area contributed by atoms with Crippen molar-refractivity contribution in [1.29, 1.82) is 0 Å². The van der Waals surface area contributed by atoms with Crippen molar-refractivity contribution in [2.24, 2.45) is 9.98 Å². The summed E-state index contributed by atoms with van der Waals surface area (Å²) >= 11 is 0. The largest absolute Gasteiger partial charge is 0.246 e. The molecule has 54 heavy (non-hydrogen) atoms. The minimum absolute atomic E-state index is 0.240. The van der Waals surface area contributed by atoms with E-state index >= 15 is 0 Å². The van der Waals surface area contributed by atoms with E-state index in [1.807, 2.05) is 0 Å². The smallest absolute Gasteiger partial charge is 0.0978 e. The summed E-state index contributed by atoms with van der Waals surface area (Å²) in [5, 5.41) is 2.46. The summed E-state index contributed by atoms with van der Waals surface area (Å²) in [4.78, 5) is 11.4. The van der Waals surface area contributed by atoms with Gasteiger partial charge in [0.15, 0.2) is 0 Å². The molecule has 0 aromatic heterocycles. The zero-order valence-electron chi connectivity index (χ0n) is 32.9. The Balaban J connectivity index is 1.22. The molecule has 0 unspecified atom stereocenters. The normalized spacial score (nSPS) is 16.9. The van der Waals surface area contributed by atoms with Crippen LogP contribution >= 0.6 is 0 Å². The highest BCUT2D eigenvalue weighted by Crippen LogP contribution is 2.43. The van der Waals surface area contributed by atoms with Crippen molar-refractivity contribution in [2.75, 3.05) is 0 Å². The third kappa shape index (κ3) is 5.95. The van der Waals surface area contributed by atoms with Crippen LogP contribution in [0.15, 0.2) is 119 Å². The fourth-order valence-electron chi connectivity index (χ4n) is 9.51. The number of aryl methyl sites for hydroxylation is 6. The van der Waals surface area contributed by atoms with Crippen molar-refractivity contribution < 1.29 is 0 Å². The van der Waals surface area contributed by atoms with E-state index in [-0.39, 0.29) is 10.8 Å². The van der Waals surface area contributed by atoms with Crippen LogP contribution in [0, 0.1) is 13.8 Å². The molecule has 0 radical (unpaired) electrons. The lowest BCUT2D eigenvalue weighted by Gasteiger charge is -2.30. The molecule has 0 bridgehead atoms. The van der Waals surface area contributed by atoms with Crippen molar-refractivity contribution in [3.05, 3.63) is 176 Å². The van der Waals surface area contributed by atoms with Gasteiger partial charge in [-0.05, 0) is 127 Å². The number of nitrogens with zero attached hydrogens (tertiary/aromatic N) is 2. The van der Waals surface area contributed by atoms with Gasteiger partial charge < -0.3 is 0 Å². The maximum Gasteiger partial charge on any atom is 0.0978 e. The second-order valence-electron chi connectivity index (χ2n) is 17.3. The molecule has 6 aromatic carbocycles. The zero-order chi connectivity index (χ0) is 37.2. The van der Waals surface area contributed by atoms with Gasteiger partial charge in [-0.15, -0.1) is 0 Å². The summed E-state index contributed by atoms with van der Waals surface area (Å²) in [6.07, 6.45) is 9.89. The molecule has 0 amide bonds. The molecule has 0 aliphatic heterocycles. The predicted molar refractivity (Wildman–Crippen MR) is 229 cm³/mol. The lowest BCUT2D eigenvalue weighted by Crippen LogP contribution is -2.21. The van der Waals surface area contributed by atoms with Crippen LogP contribution in [-0.4, -0.2) is 11.4 Å². The van der Waals surface area contributed by atoms with Crippen molar-refractivity contribution in [3.8, 4) is 0 Å². The number of rotatable bonds is 6. The van der Waals surface area contributed by atoms with E-state index < -0.39 is 0 Å². The minimum Gasteiger partial charge on any atom is -0.246 e. The van der Waals surface area contributed by atoms with Crippen LogP contribution in [0.2, 0.25) is 0 Å². The maximum atomic E-state index is 5.70. The third-order valence-electron chi connectivity index (χ3n) is 12.9. The molecule has 3 aliphatic carbocycles. The van der Waals surface area contributed by atoms with Crippen LogP contribution < -0.4 is 0 Å². The van der Waals surface area contributed by atoms with Crippen molar-refractivity contribution in [2.45, 2.75) is 104 Å². The Bertz CT molecular complexity index is 2350. The Morgan fingerprint density at radius 2 is 0.870 bits per heavy atom. The van der Waals surface area contributed by atoms with E-state index in [1.165, 1.54) is 118 Å². The average molecular weight is 705 g/mol. The molecular formula is C52H52N2. The third-order valence-corrected chi connectivity index (χ3v) is 12.9. The molecule has 0 N–H and O–H groups in total. The Morgan fingerprint density at radius 3 is 1.31 bits per heavy atom. The van der Waals surface area contributed by atoms with Gasteiger partial charge in [-0.2, -0.15) is 0 Å². The molecule has 0 saturated heterocycles. The van der Waals surface area contributed by atoms with E-state index in [1.54, 1.807) is 0 Å². The predicted octanol–water partition coefficient (Wildman–Crippen LogP) is 13.1. The lowest BCUT2D eigenvalue weighted by atomic mass is 9.75. The van der Waals surface area contributed by atoms with E-state index in [0.29, 0.717) is 0 Å². The molecular weight excluding hydrogens is 653 g/mol. The monoisotopic (exact) mass is 704 g/mol. The van der Waals surface area contributed by atoms with Gasteiger partial charge in [-0.3, -0.25) is 0 Å². The fourth-order valence-corrected chi connectivity index (χ4v) is 9.51. The first-order chi connectivity index (χ1) is 26.1. The molecule has 270 valence electrons. The minimum atomic E-state index is -0.240. The zero-order valence-corrected chi connectivity index (χ0v) is 32.9. The van der Waals surface area contributed by atoms with Crippen LogP contribution in [0.25, 0.3) is 10.8 Å². The van der Waals surface area contributed by atoms with Crippen LogP contribution in [-0.2, 0) is 36.5 Å². The average Bonchev–Trinajstić information content (AvgIpc) is 3.48. The Hall–Kier alpha value is -5.08. The molecule has 0 saturated carbocycles. The topological polar surface area (TPSA) is 24.7 Å². The number of aliphatic imine (C=N–C) groups is 2. The van der Waals surface area contributed by atoms with Crippen molar-refractivity contribution >= 4 is 33.6 Å². The summed E-state index contributed by atoms with van der Waals surface area (Å²) in [6.45, 7) is 13.9. The summed E-state index contributed by atoms with van der Waals surface area (Å²) in [7, 11) is 0. The molecule has 0 spiro atoms. The molecule has 0 fully saturated rings. The SMILES string of the molecule is Cc1ccc(N=C2C(=Nc3ccc(C)cc3C(C)(C)c3ccc4c(c3)CCCC4)c3cccc4cccc2c34)c(C(C)(C)c2ccc3c(c2)CCCC3)c1. The highest BCUT2D eigenvalue weighted by molar-refractivity contribution is 6.61. The van der Waals surface area contributed by atoms with E-state index in [9.17, 15) is 0 Å². The van der Waals surface area contributed by atoms with Gasteiger partial charge in [0.1, 0.15) is 0 Å². The molecule has 0 atom stereocenters. The highest BCUT2D eigenvalue weighted by Gasteiger charge is 2.33. The van der Waals surface area contributed by atoms with Gasteiger partial charge in [0.05, 0.1) is 22.8 Å². The summed E-state index contributed by atoms with van der Waals surface area (Å²) in [5.41, 5.74) is 19.5. The van der Waals surface area contributed by atoms with Gasteiger partial charge in [0, 0.05) is 27.3 Å². The van der Waals surface area contributed by atoms with Crippen LogP contribution in [0.3, 0.4) is 0 Å². The first-order valence-corrected chi connectivity index (χ1v) is 20.2. The van der Waals surface area contributed by atoms with Crippen molar-refractivity contribution in [3.63, 3.8) is 0 Å². The fraction of sp³-hybridized carbons (Fsp3) is 0.308. The van der Waals surface area contributed by atoms with Crippen LogP contribution in [0.4, 0.5) is 11.4 Å². The van der Waals surface area contributed by atoms with Gasteiger partial charge in [-0.1, -0.05) is 136 Å². The molecule has 3 aliphatic rings. The lowest BCUT2D eigenvalue weighted by molar-refractivity contribution is 0.631. The second kappa shape index (κ2) is 13.3. The Labute approximate surface area is 322 Å². The number of fused-ring (bicyclic) bond motifs is 2. The van der Waals surface area contributed by atoms with Gasteiger partial charge in [0.2, 0.25) is 0 Å². The standard InChI is InChI=1S/C52H52N2/c1-33-21-27-46(44(29-33)51(3,4)40-25-23-35-13-7-9-15-38(35)31-40)53-49-42-19-11-17-37-18-12-20-43(48(37)42)50(49)54-47-28-22-34(2)30-45(47)52(5,6)41-26-24-36-14-8-10-16-39(36)32-41/h11-12,17-32H,7-10,13-16H2,1-6H3. The van der Waals surface area contributed by atoms with Gasteiger partial charge >= 0.3 is 0 Å². The van der Waals surface area contributed by atoms with Crippen LogP contribution in [0.5, 0.6) is 0 Å². The van der Waals surface area contributed by atoms with E-state index in [0.717, 1.165) is 33.9 Å². The molecule has 2 heteroatoms. The molecule has 2 nitrogen and oxygen atoms in total. The summed E-state index contributed by atoms with van der Waals surface area (Å²) in [5.74, 6) is 0. The van der Waals surface area contributed by atoms with Crippen LogP contribution in [0.1, 0.15) is 120 Å². The first-order valence-electron chi connectivity index (χ1n) is 20.2. The Kier molecular flexibility index (Phi) is 8.57. The van der Waals surface area contributed by atoms with Gasteiger partial charge in [0.25, 0.3) is 0 Å². The number of benzene rings is 6. The highest BCUT2D eigenvalue weighted by atomic mass is 14.8. The first kappa shape index (κ1) is 34.7. The number of hydrogen-bond acceptors (Lipinski definition) is 2. The van der Waals surface area contributed by atoms with Crippen molar-refractivity contribution in [1.82, 2.24) is 0 Å². The number of hydrogen-bond donors (Lipinski definition) is 0.